The number of nitrogens with one attached hydrogen (secondary N) is 1. The lowest BCUT2D eigenvalue weighted by Gasteiger charge is -2.28. The lowest BCUT2D eigenvalue weighted by Crippen LogP contribution is -2.30. The van der Waals surface area contributed by atoms with E-state index in [4.69, 9.17) is 0 Å². The normalized spacial score (nSPS) is 23.6. The molecule has 0 unspecified atom stereocenters. The van der Waals surface area contributed by atoms with Crippen LogP contribution in [0.5, 0.6) is 0 Å². The molecule has 1 fully saturated rings. The summed E-state index contributed by atoms with van der Waals surface area (Å²) in [6, 6.07) is 0. The second kappa shape index (κ2) is 3.90. The van der Waals surface area contributed by atoms with Gasteiger partial charge in [-0.15, -0.1) is 0 Å². The average Bonchev–Trinajstić information content (AvgIpc) is 1.96. The van der Waals surface area contributed by atoms with Gasteiger partial charge in [0.05, 0.1) is 0 Å². The van der Waals surface area contributed by atoms with Crippen LogP contribution >= 0.6 is 0 Å². The van der Waals surface area contributed by atoms with E-state index in [2.05, 4.69) is 10.5 Å². The van der Waals surface area contributed by atoms with E-state index in [1.807, 2.05) is 13.8 Å². The molecule has 4 nitrogen and oxygen atoms in total. The van der Waals surface area contributed by atoms with Crippen LogP contribution in [0.4, 0.5) is 0 Å². The van der Waals surface area contributed by atoms with Gasteiger partial charge in [0, 0.05) is 25.5 Å². The molecule has 0 aliphatic heterocycles. The number of rotatable bonds is 1. The highest BCUT2D eigenvalue weighted by Crippen LogP contribution is 2.31. The molecular formula is C10H16N2O2. The molecular weight excluding hydrogens is 180 g/mol. The van der Waals surface area contributed by atoms with Crippen LogP contribution in [0.2, 0.25) is 0 Å². The number of hydrazone groups is 1. The molecule has 1 aliphatic rings. The van der Waals surface area contributed by atoms with Gasteiger partial charge in [-0.25, -0.2) is 5.43 Å². The van der Waals surface area contributed by atoms with E-state index in [0.29, 0.717) is 12.8 Å². The first-order valence-corrected chi connectivity index (χ1v) is 4.73. The molecule has 0 aromatic rings. The zero-order chi connectivity index (χ0) is 10.8. The quantitative estimate of drug-likeness (QED) is 0.642. The molecule has 0 bridgehead atoms. The SMILES string of the molecule is CC(=O)N/N=C1\CC(=O)CC(C)(C)C1. The van der Waals surface area contributed by atoms with Crippen molar-refractivity contribution >= 4 is 17.4 Å². The summed E-state index contributed by atoms with van der Waals surface area (Å²) >= 11 is 0. The van der Waals surface area contributed by atoms with E-state index in [1.165, 1.54) is 6.92 Å². The summed E-state index contributed by atoms with van der Waals surface area (Å²) in [6.07, 6.45) is 1.76. The second-order valence-electron chi connectivity index (χ2n) is 4.58. The van der Waals surface area contributed by atoms with Crippen LogP contribution in [0, 0.1) is 5.41 Å². The Morgan fingerprint density at radius 3 is 2.57 bits per heavy atom. The molecule has 1 amide bonds. The number of carbonyl (C=O) groups excluding carboxylic acids is 2. The smallest absolute Gasteiger partial charge is 0.236 e. The third-order valence-corrected chi connectivity index (χ3v) is 2.13. The van der Waals surface area contributed by atoms with E-state index in [0.717, 1.165) is 12.1 Å². The van der Waals surface area contributed by atoms with Gasteiger partial charge in [0.2, 0.25) is 5.91 Å². The third kappa shape index (κ3) is 3.28. The fourth-order valence-electron chi connectivity index (χ4n) is 1.74. The third-order valence-electron chi connectivity index (χ3n) is 2.13. The Morgan fingerprint density at radius 2 is 2.07 bits per heavy atom. The summed E-state index contributed by atoms with van der Waals surface area (Å²) in [7, 11) is 0. The summed E-state index contributed by atoms with van der Waals surface area (Å²) in [5, 5.41) is 3.93. The fraction of sp³-hybridized carbons (Fsp3) is 0.700. The summed E-state index contributed by atoms with van der Waals surface area (Å²) in [6.45, 7) is 5.47. The lowest BCUT2D eigenvalue weighted by molar-refractivity contribution is -0.121. The van der Waals surface area contributed by atoms with Crippen LogP contribution in [0.25, 0.3) is 0 Å². The van der Waals surface area contributed by atoms with Crippen molar-refractivity contribution in [3.8, 4) is 0 Å². The molecule has 0 heterocycles. The van der Waals surface area contributed by atoms with Crippen LogP contribution in [-0.2, 0) is 9.59 Å². The van der Waals surface area contributed by atoms with Gasteiger partial charge in [-0.3, -0.25) is 9.59 Å². The molecule has 1 saturated carbocycles. The lowest BCUT2D eigenvalue weighted by atomic mass is 9.76. The van der Waals surface area contributed by atoms with Crippen molar-refractivity contribution in [2.45, 2.75) is 40.0 Å². The number of nitrogens with zero attached hydrogens (tertiary/aromatic N) is 1. The van der Waals surface area contributed by atoms with Crippen molar-refractivity contribution in [2.75, 3.05) is 0 Å². The second-order valence-corrected chi connectivity index (χ2v) is 4.58. The first kappa shape index (κ1) is 10.9. The van der Waals surface area contributed by atoms with Crippen LogP contribution in [0.3, 0.4) is 0 Å². The molecule has 0 radical (unpaired) electrons. The molecule has 78 valence electrons. The van der Waals surface area contributed by atoms with Crippen molar-refractivity contribution in [1.82, 2.24) is 5.43 Å². The molecule has 0 spiro atoms. The van der Waals surface area contributed by atoms with Crippen LogP contribution < -0.4 is 5.43 Å². The molecule has 0 saturated heterocycles. The maximum absolute atomic E-state index is 11.3. The average molecular weight is 196 g/mol. The zero-order valence-electron chi connectivity index (χ0n) is 8.89. The Kier molecular flexibility index (Phi) is 3.03. The van der Waals surface area contributed by atoms with Gasteiger partial charge >= 0.3 is 0 Å². The molecule has 0 atom stereocenters. The maximum atomic E-state index is 11.3. The standard InChI is InChI=1S/C10H16N2O2/c1-7(13)11-12-8-4-9(14)6-10(2,3)5-8/h4-6H2,1-3H3,(H,11,13)/b12-8+. The van der Waals surface area contributed by atoms with Crippen LogP contribution in [0.1, 0.15) is 40.0 Å². The molecule has 0 aromatic carbocycles. The molecule has 1 rings (SSSR count). The minimum Gasteiger partial charge on any atom is -0.299 e. The van der Waals surface area contributed by atoms with Crippen molar-refractivity contribution in [1.29, 1.82) is 0 Å². The highest BCUT2D eigenvalue weighted by molar-refractivity contribution is 6.05. The number of carbonyl (C=O) groups is 2. The maximum Gasteiger partial charge on any atom is 0.236 e. The Bertz CT molecular complexity index is 292. The summed E-state index contributed by atoms with van der Waals surface area (Å²) < 4.78 is 0. The molecule has 0 aromatic heterocycles. The Morgan fingerprint density at radius 1 is 1.43 bits per heavy atom. The summed E-state index contributed by atoms with van der Waals surface area (Å²) in [4.78, 5) is 22.0. The van der Waals surface area contributed by atoms with E-state index < -0.39 is 0 Å². The van der Waals surface area contributed by atoms with E-state index in [9.17, 15) is 9.59 Å². The summed E-state index contributed by atoms with van der Waals surface area (Å²) in [5.41, 5.74) is 3.13. The Balaban J connectivity index is 2.66. The fourth-order valence-corrected chi connectivity index (χ4v) is 1.74. The highest BCUT2D eigenvalue weighted by atomic mass is 16.2. The number of Topliss-reactive ketones (excluding diaryl/α,β-unsaturated/α-hetero) is 1. The van der Waals surface area contributed by atoms with Gasteiger partial charge in [0.15, 0.2) is 0 Å². The molecule has 1 aliphatic carbocycles. The molecule has 4 heteroatoms. The van der Waals surface area contributed by atoms with Gasteiger partial charge in [0.25, 0.3) is 0 Å². The van der Waals surface area contributed by atoms with Crippen molar-refractivity contribution in [3.05, 3.63) is 0 Å². The molecule has 1 N–H and O–H groups in total. The van der Waals surface area contributed by atoms with Gasteiger partial charge in [-0.2, -0.15) is 5.10 Å². The number of hydrogen-bond acceptors (Lipinski definition) is 3. The monoisotopic (exact) mass is 196 g/mol. The Labute approximate surface area is 83.8 Å². The first-order valence-electron chi connectivity index (χ1n) is 4.73. The number of amides is 1. The molecule has 14 heavy (non-hydrogen) atoms. The van der Waals surface area contributed by atoms with Crippen molar-refractivity contribution in [2.24, 2.45) is 10.5 Å². The van der Waals surface area contributed by atoms with E-state index >= 15 is 0 Å². The predicted octanol–water partition coefficient (Wildman–Crippen LogP) is 1.26. The van der Waals surface area contributed by atoms with Gasteiger partial charge in [-0.1, -0.05) is 13.8 Å². The Hall–Kier alpha value is -1.19. The summed E-state index contributed by atoms with van der Waals surface area (Å²) in [5.74, 6) is -0.00122. The van der Waals surface area contributed by atoms with Gasteiger partial charge in [0.1, 0.15) is 5.78 Å². The van der Waals surface area contributed by atoms with Crippen LogP contribution in [0.15, 0.2) is 5.10 Å². The minimum absolute atomic E-state index is 0.0212. The predicted molar refractivity (Wildman–Crippen MR) is 53.9 cm³/mol. The topological polar surface area (TPSA) is 58.5 Å². The minimum atomic E-state index is -0.201. The van der Waals surface area contributed by atoms with Gasteiger partial charge < -0.3 is 0 Å². The van der Waals surface area contributed by atoms with Crippen molar-refractivity contribution < 1.29 is 9.59 Å². The largest absolute Gasteiger partial charge is 0.299 e. The first-order chi connectivity index (χ1) is 6.39. The van der Waals surface area contributed by atoms with Crippen molar-refractivity contribution in [3.63, 3.8) is 0 Å². The number of hydrogen-bond donors (Lipinski definition) is 1. The zero-order valence-corrected chi connectivity index (χ0v) is 8.89. The van der Waals surface area contributed by atoms with Crippen LogP contribution in [-0.4, -0.2) is 17.4 Å². The highest BCUT2D eigenvalue weighted by Gasteiger charge is 2.30. The van der Waals surface area contributed by atoms with E-state index in [-0.39, 0.29) is 17.1 Å². The van der Waals surface area contributed by atoms with Gasteiger partial charge in [-0.05, 0) is 11.8 Å². The number of ketones is 1. The van der Waals surface area contributed by atoms with E-state index in [1.54, 1.807) is 0 Å².